The molecule has 2 heteroatoms. The molecule has 0 amide bonds. The molecule has 0 nitrogen and oxygen atoms in total. The number of hydrogen-bond donors (Lipinski definition) is 0. The third-order valence-corrected chi connectivity index (χ3v) is 12.2. The maximum Gasteiger partial charge on any atom is 0.0726 e. The normalized spacial score (nSPS) is 12.7. The third kappa shape index (κ3) is 5.71. The van der Waals surface area contributed by atoms with E-state index < -0.39 is 5.41 Å². The highest BCUT2D eigenvalue weighted by Crippen LogP contribution is 2.63. The Morgan fingerprint density at radius 2 is 0.618 bits per heavy atom. The zero-order valence-electron chi connectivity index (χ0n) is 29.9. The summed E-state index contributed by atoms with van der Waals surface area (Å²) in [7, 11) is 0. The SMILES string of the molecule is Brc1ccc2c(c1)C1(c3cc(Br)ccc3-2)c2cc(C=C(c3ccccc3)c3ccccc3)ccc2-c2ccc(C=C(c3ccccc3)c3ccccc3)cc21. The van der Waals surface area contributed by atoms with Crippen molar-refractivity contribution in [2.45, 2.75) is 5.41 Å². The third-order valence-electron chi connectivity index (χ3n) is 11.2. The number of halogens is 2. The molecular weight excluding hydrogens is 796 g/mol. The van der Waals surface area contributed by atoms with E-state index in [1.165, 1.54) is 89.0 Å². The van der Waals surface area contributed by atoms with Gasteiger partial charge >= 0.3 is 0 Å². The average Bonchev–Trinajstić information content (AvgIpc) is 3.68. The summed E-state index contributed by atoms with van der Waals surface area (Å²) in [5.74, 6) is 0. The second kappa shape index (κ2) is 13.8. The summed E-state index contributed by atoms with van der Waals surface area (Å²) in [5, 5.41) is 0. The molecule has 0 aliphatic heterocycles. The fraction of sp³-hybridized carbons (Fsp3) is 0.0189. The van der Waals surface area contributed by atoms with Crippen LogP contribution in [0.1, 0.15) is 55.6 Å². The highest BCUT2D eigenvalue weighted by molar-refractivity contribution is 9.10. The second-order valence-electron chi connectivity index (χ2n) is 14.3. The van der Waals surface area contributed by atoms with Gasteiger partial charge in [0.05, 0.1) is 5.41 Å². The lowest BCUT2D eigenvalue weighted by atomic mass is 9.70. The molecule has 2 aliphatic rings. The summed E-state index contributed by atoms with van der Waals surface area (Å²) in [6, 6.07) is 70.8. The molecule has 8 aromatic rings. The van der Waals surface area contributed by atoms with Gasteiger partial charge in [-0.1, -0.05) is 190 Å². The molecule has 0 saturated carbocycles. The molecule has 0 fully saturated rings. The molecule has 0 heterocycles. The van der Waals surface area contributed by atoms with Crippen LogP contribution in [0.4, 0.5) is 0 Å². The van der Waals surface area contributed by atoms with Crippen LogP contribution < -0.4 is 0 Å². The smallest absolute Gasteiger partial charge is 0.0622 e. The number of fused-ring (bicyclic) bond motifs is 10. The first kappa shape index (κ1) is 33.7. The van der Waals surface area contributed by atoms with Crippen LogP contribution in [-0.4, -0.2) is 0 Å². The lowest BCUT2D eigenvalue weighted by Crippen LogP contribution is -2.26. The summed E-state index contributed by atoms with van der Waals surface area (Å²) in [4.78, 5) is 0. The van der Waals surface area contributed by atoms with Gasteiger partial charge in [-0.05, 0) is 138 Å². The van der Waals surface area contributed by atoms with Crippen LogP contribution in [0.25, 0.3) is 45.6 Å². The quantitative estimate of drug-likeness (QED) is 0.146. The van der Waals surface area contributed by atoms with Crippen LogP contribution in [0.5, 0.6) is 0 Å². The maximum absolute atomic E-state index is 3.90. The van der Waals surface area contributed by atoms with Crippen molar-refractivity contribution in [1.29, 1.82) is 0 Å². The Morgan fingerprint density at radius 1 is 0.327 bits per heavy atom. The summed E-state index contributed by atoms with van der Waals surface area (Å²) in [6.07, 6.45) is 4.72. The molecule has 2 aliphatic carbocycles. The summed E-state index contributed by atoms with van der Waals surface area (Å²) >= 11 is 7.81. The summed E-state index contributed by atoms with van der Waals surface area (Å²) in [5.41, 5.74) is 19.3. The van der Waals surface area contributed by atoms with E-state index in [9.17, 15) is 0 Å². The highest BCUT2D eigenvalue weighted by Gasteiger charge is 2.52. The monoisotopic (exact) mass is 828 g/mol. The first-order chi connectivity index (χ1) is 27.1. The number of hydrogen-bond acceptors (Lipinski definition) is 0. The van der Waals surface area contributed by atoms with E-state index in [2.05, 4.69) is 238 Å². The molecule has 0 N–H and O–H groups in total. The van der Waals surface area contributed by atoms with Gasteiger partial charge in [-0.15, -0.1) is 0 Å². The predicted octanol–water partition coefficient (Wildman–Crippen LogP) is 14.7. The molecule has 0 unspecified atom stereocenters. The van der Waals surface area contributed by atoms with Crippen molar-refractivity contribution in [1.82, 2.24) is 0 Å². The van der Waals surface area contributed by atoms with Crippen LogP contribution >= 0.6 is 31.9 Å². The Labute approximate surface area is 339 Å². The molecule has 0 bridgehead atoms. The molecular formula is C53H34Br2. The zero-order chi connectivity index (χ0) is 36.9. The van der Waals surface area contributed by atoms with Crippen molar-refractivity contribution in [3.63, 3.8) is 0 Å². The van der Waals surface area contributed by atoms with Gasteiger partial charge in [0.15, 0.2) is 0 Å². The summed E-state index contributed by atoms with van der Waals surface area (Å²) in [6.45, 7) is 0. The minimum Gasteiger partial charge on any atom is -0.0622 e. The standard InChI is InChI=1S/C53H34Br2/c54-41-23-27-45-46-28-24-42(55)34-52(46)53(51(45)33-41)49-31-35(29-47(37-13-5-1-6-14-37)38-15-7-2-8-16-38)21-25-43(49)44-26-22-36(32-50(44)53)30-48(39-17-9-3-10-18-39)40-19-11-4-12-20-40/h1-34H. The number of benzene rings is 8. The van der Waals surface area contributed by atoms with Gasteiger partial charge in [0.25, 0.3) is 0 Å². The van der Waals surface area contributed by atoms with Crippen LogP contribution in [0.15, 0.2) is 203 Å². The van der Waals surface area contributed by atoms with E-state index in [0.29, 0.717) is 0 Å². The molecule has 260 valence electrons. The fourth-order valence-corrected chi connectivity index (χ4v) is 9.58. The van der Waals surface area contributed by atoms with E-state index >= 15 is 0 Å². The van der Waals surface area contributed by atoms with Gasteiger partial charge in [0.1, 0.15) is 0 Å². The van der Waals surface area contributed by atoms with Crippen LogP contribution in [0.2, 0.25) is 0 Å². The highest BCUT2D eigenvalue weighted by atomic mass is 79.9. The topological polar surface area (TPSA) is 0 Å². The van der Waals surface area contributed by atoms with Crippen molar-refractivity contribution in [3.8, 4) is 22.3 Å². The van der Waals surface area contributed by atoms with E-state index in [0.717, 1.165) is 8.95 Å². The second-order valence-corrected chi connectivity index (χ2v) is 16.2. The van der Waals surface area contributed by atoms with Crippen molar-refractivity contribution in [2.75, 3.05) is 0 Å². The van der Waals surface area contributed by atoms with Gasteiger partial charge in [-0.3, -0.25) is 0 Å². The zero-order valence-corrected chi connectivity index (χ0v) is 33.1. The molecule has 10 rings (SSSR count). The van der Waals surface area contributed by atoms with Crippen molar-refractivity contribution in [2.24, 2.45) is 0 Å². The number of rotatable bonds is 6. The minimum absolute atomic E-state index is 0.532. The Hall–Kier alpha value is -5.80. The van der Waals surface area contributed by atoms with Gasteiger partial charge in [-0.25, -0.2) is 0 Å². The molecule has 0 saturated heterocycles. The lowest BCUT2D eigenvalue weighted by molar-refractivity contribution is 0.792. The first-order valence-corrected chi connectivity index (χ1v) is 20.2. The molecule has 55 heavy (non-hydrogen) atoms. The molecule has 1 spiro atoms. The predicted molar refractivity (Wildman–Crippen MR) is 238 cm³/mol. The van der Waals surface area contributed by atoms with E-state index in [4.69, 9.17) is 0 Å². The lowest BCUT2D eigenvalue weighted by Gasteiger charge is -2.31. The molecule has 0 atom stereocenters. The Bertz CT molecular complexity index is 2520. The van der Waals surface area contributed by atoms with Crippen LogP contribution in [0, 0.1) is 0 Å². The first-order valence-electron chi connectivity index (χ1n) is 18.6. The Balaban J connectivity index is 1.25. The molecule has 0 aromatic heterocycles. The van der Waals surface area contributed by atoms with Gasteiger partial charge in [0, 0.05) is 8.95 Å². The van der Waals surface area contributed by atoms with Crippen molar-refractivity contribution < 1.29 is 0 Å². The molecule has 0 radical (unpaired) electrons. The van der Waals surface area contributed by atoms with E-state index in [-0.39, 0.29) is 0 Å². The van der Waals surface area contributed by atoms with Crippen molar-refractivity contribution in [3.05, 3.63) is 259 Å². The fourth-order valence-electron chi connectivity index (χ4n) is 8.86. The largest absolute Gasteiger partial charge is 0.0726 e. The van der Waals surface area contributed by atoms with E-state index in [1.807, 2.05) is 0 Å². The Morgan fingerprint density at radius 3 is 0.945 bits per heavy atom. The van der Waals surface area contributed by atoms with Crippen LogP contribution in [-0.2, 0) is 5.41 Å². The van der Waals surface area contributed by atoms with Crippen LogP contribution in [0.3, 0.4) is 0 Å². The minimum atomic E-state index is -0.532. The molecule has 8 aromatic carbocycles. The van der Waals surface area contributed by atoms with Gasteiger partial charge in [0.2, 0.25) is 0 Å². The maximum atomic E-state index is 3.90. The van der Waals surface area contributed by atoms with Gasteiger partial charge < -0.3 is 0 Å². The summed E-state index contributed by atoms with van der Waals surface area (Å²) < 4.78 is 2.15. The van der Waals surface area contributed by atoms with Crippen molar-refractivity contribution >= 4 is 55.2 Å². The van der Waals surface area contributed by atoms with E-state index in [1.54, 1.807) is 0 Å². The Kier molecular flexibility index (Phi) is 8.47. The average molecular weight is 831 g/mol. The van der Waals surface area contributed by atoms with Gasteiger partial charge in [-0.2, -0.15) is 0 Å².